The van der Waals surface area contributed by atoms with E-state index in [1.807, 2.05) is 24.3 Å². The molecule has 1 aromatic carbocycles. The number of nitrogens with two attached hydrogens (primary N) is 1. The third kappa shape index (κ3) is 2.57. The molecular formula is C14H16ClN3OS. The first-order valence-corrected chi connectivity index (χ1v) is 8.00. The largest absolute Gasteiger partial charge is 0.339 e. The molecule has 3 rings (SSSR count). The minimum atomic E-state index is -0.0691. The molecule has 2 N–H and O–H groups in total. The van der Waals surface area contributed by atoms with E-state index >= 15 is 0 Å². The van der Waals surface area contributed by atoms with Crippen LogP contribution in [0.5, 0.6) is 0 Å². The van der Waals surface area contributed by atoms with Gasteiger partial charge in [0.2, 0.25) is 5.89 Å². The monoisotopic (exact) mass is 309 g/mol. The second-order valence-corrected chi connectivity index (χ2v) is 6.50. The fourth-order valence-electron chi connectivity index (χ4n) is 2.34. The maximum atomic E-state index is 6.12. The highest BCUT2D eigenvalue weighted by Gasteiger charge is 2.42. The molecule has 2 aromatic rings. The smallest absolute Gasteiger partial charge is 0.234 e. The van der Waals surface area contributed by atoms with Crippen molar-refractivity contribution in [3.8, 4) is 0 Å². The number of hydrogen-bond acceptors (Lipinski definition) is 5. The Kier molecular flexibility index (Phi) is 4.01. The van der Waals surface area contributed by atoms with Crippen LogP contribution >= 0.6 is 23.4 Å². The summed E-state index contributed by atoms with van der Waals surface area (Å²) in [7, 11) is 0. The number of rotatable bonds is 5. The van der Waals surface area contributed by atoms with Crippen LogP contribution in [-0.4, -0.2) is 16.7 Å². The summed E-state index contributed by atoms with van der Waals surface area (Å²) in [5.74, 6) is 2.04. The predicted octanol–water partition coefficient (Wildman–Crippen LogP) is 3.40. The average Bonchev–Trinajstić information content (AvgIpc) is 2.86. The van der Waals surface area contributed by atoms with Crippen LogP contribution in [0, 0.1) is 0 Å². The molecular weight excluding hydrogens is 294 g/mol. The molecule has 0 radical (unpaired) electrons. The zero-order valence-electron chi connectivity index (χ0n) is 11.0. The van der Waals surface area contributed by atoms with Gasteiger partial charge in [0, 0.05) is 11.4 Å². The van der Waals surface area contributed by atoms with E-state index in [9.17, 15) is 0 Å². The lowest BCUT2D eigenvalue weighted by molar-refractivity contribution is 0.181. The number of nitrogens with zero attached hydrogens (tertiary/aromatic N) is 2. The third-order valence-electron chi connectivity index (χ3n) is 3.82. The van der Waals surface area contributed by atoms with Crippen LogP contribution in [0.4, 0.5) is 0 Å². The summed E-state index contributed by atoms with van der Waals surface area (Å²) >= 11 is 7.73. The molecule has 0 amide bonds. The van der Waals surface area contributed by atoms with Crippen LogP contribution in [0.25, 0.3) is 0 Å². The summed E-state index contributed by atoms with van der Waals surface area (Å²) in [6, 6.07) is 7.75. The van der Waals surface area contributed by atoms with Crippen molar-refractivity contribution in [2.75, 3.05) is 6.54 Å². The number of halogens is 1. The average molecular weight is 310 g/mol. The first kappa shape index (κ1) is 13.9. The molecule has 0 aliphatic heterocycles. The highest BCUT2D eigenvalue weighted by Crippen LogP contribution is 2.42. The molecule has 1 aliphatic carbocycles. The minimum absolute atomic E-state index is 0.0691. The quantitative estimate of drug-likeness (QED) is 0.858. The van der Waals surface area contributed by atoms with E-state index in [1.165, 1.54) is 6.42 Å². The zero-order chi connectivity index (χ0) is 14.0. The minimum Gasteiger partial charge on any atom is -0.339 e. The Labute approximate surface area is 127 Å². The molecule has 0 bridgehead atoms. The summed E-state index contributed by atoms with van der Waals surface area (Å²) < 4.78 is 5.39. The number of hydrogen-bond donors (Lipinski definition) is 1. The molecule has 0 saturated heterocycles. The zero-order valence-corrected chi connectivity index (χ0v) is 12.6. The maximum absolute atomic E-state index is 6.12. The predicted molar refractivity (Wildman–Crippen MR) is 79.9 cm³/mol. The van der Waals surface area contributed by atoms with Crippen LogP contribution < -0.4 is 5.73 Å². The molecule has 106 valence electrons. The number of thioether (sulfide) groups is 1. The molecule has 0 atom stereocenters. The van der Waals surface area contributed by atoms with Gasteiger partial charge in [-0.1, -0.05) is 35.3 Å². The van der Waals surface area contributed by atoms with Gasteiger partial charge in [-0.15, -0.1) is 11.8 Å². The van der Waals surface area contributed by atoms with Gasteiger partial charge in [0.15, 0.2) is 5.82 Å². The first-order chi connectivity index (χ1) is 9.73. The Balaban J connectivity index is 1.67. The van der Waals surface area contributed by atoms with Crippen molar-refractivity contribution in [1.29, 1.82) is 0 Å². The van der Waals surface area contributed by atoms with Gasteiger partial charge < -0.3 is 10.3 Å². The van der Waals surface area contributed by atoms with Gasteiger partial charge in [-0.25, -0.2) is 0 Å². The Bertz CT molecular complexity index is 592. The van der Waals surface area contributed by atoms with Gasteiger partial charge in [0.1, 0.15) is 0 Å². The fraction of sp³-hybridized carbons (Fsp3) is 0.429. The highest BCUT2D eigenvalue weighted by atomic mass is 35.5. The summed E-state index contributed by atoms with van der Waals surface area (Å²) in [4.78, 5) is 5.52. The topological polar surface area (TPSA) is 64.9 Å². The summed E-state index contributed by atoms with van der Waals surface area (Å²) in [6.07, 6.45) is 3.27. The fourth-order valence-corrected chi connectivity index (χ4v) is 3.42. The van der Waals surface area contributed by atoms with Crippen molar-refractivity contribution < 1.29 is 4.52 Å². The highest BCUT2D eigenvalue weighted by molar-refractivity contribution is 7.98. The van der Waals surface area contributed by atoms with Crippen LogP contribution in [0.3, 0.4) is 0 Å². The SMILES string of the molecule is NCC1(c2nc(CSc3ccccc3Cl)no2)CCC1. The van der Waals surface area contributed by atoms with Gasteiger partial charge >= 0.3 is 0 Å². The second kappa shape index (κ2) is 5.76. The van der Waals surface area contributed by atoms with Crippen molar-refractivity contribution in [2.45, 2.75) is 35.3 Å². The lowest BCUT2D eigenvalue weighted by atomic mass is 9.69. The number of benzene rings is 1. The van der Waals surface area contributed by atoms with E-state index in [-0.39, 0.29) is 5.41 Å². The Hall–Kier alpha value is -1.04. The summed E-state index contributed by atoms with van der Waals surface area (Å²) in [5, 5.41) is 4.80. The van der Waals surface area contributed by atoms with Gasteiger partial charge in [0.05, 0.1) is 16.2 Å². The lowest BCUT2D eigenvalue weighted by Gasteiger charge is -2.36. The summed E-state index contributed by atoms with van der Waals surface area (Å²) in [6.45, 7) is 0.576. The van der Waals surface area contributed by atoms with Crippen molar-refractivity contribution in [3.63, 3.8) is 0 Å². The molecule has 1 saturated carbocycles. The summed E-state index contributed by atoms with van der Waals surface area (Å²) in [5.41, 5.74) is 5.78. The lowest BCUT2D eigenvalue weighted by Crippen LogP contribution is -2.41. The molecule has 0 spiro atoms. The first-order valence-electron chi connectivity index (χ1n) is 6.64. The van der Waals surface area contributed by atoms with Gasteiger partial charge in [0.25, 0.3) is 0 Å². The van der Waals surface area contributed by atoms with Crippen molar-refractivity contribution in [2.24, 2.45) is 5.73 Å². The molecule has 1 aliphatic rings. The molecule has 1 heterocycles. The molecule has 6 heteroatoms. The van der Waals surface area contributed by atoms with E-state index in [4.69, 9.17) is 21.9 Å². The molecule has 1 fully saturated rings. The Morgan fingerprint density at radius 1 is 1.35 bits per heavy atom. The van der Waals surface area contributed by atoms with Gasteiger partial charge in [-0.3, -0.25) is 0 Å². The van der Waals surface area contributed by atoms with Crippen LogP contribution in [-0.2, 0) is 11.2 Å². The van der Waals surface area contributed by atoms with Crippen molar-refractivity contribution >= 4 is 23.4 Å². The maximum Gasteiger partial charge on any atom is 0.234 e. The van der Waals surface area contributed by atoms with Gasteiger partial charge in [-0.05, 0) is 25.0 Å². The molecule has 1 aromatic heterocycles. The van der Waals surface area contributed by atoms with E-state index in [2.05, 4.69) is 10.1 Å². The van der Waals surface area contributed by atoms with E-state index in [1.54, 1.807) is 11.8 Å². The molecule has 4 nitrogen and oxygen atoms in total. The Morgan fingerprint density at radius 2 is 2.15 bits per heavy atom. The van der Waals surface area contributed by atoms with Crippen molar-refractivity contribution in [3.05, 3.63) is 41.0 Å². The van der Waals surface area contributed by atoms with Crippen molar-refractivity contribution in [1.82, 2.24) is 10.1 Å². The normalized spacial score (nSPS) is 16.9. The van der Waals surface area contributed by atoms with Crippen LogP contribution in [0.1, 0.15) is 31.0 Å². The second-order valence-electron chi connectivity index (χ2n) is 5.07. The van der Waals surface area contributed by atoms with E-state index < -0.39 is 0 Å². The molecule has 20 heavy (non-hydrogen) atoms. The Morgan fingerprint density at radius 3 is 2.80 bits per heavy atom. The van der Waals surface area contributed by atoms with Crippen LogP contribution in [0.15, 0.2) is 33.7 Å². The van der Waals surface area contributed by atoms with Gasteiger partial charge in [-0.2, -0.15) is 4.98 Å². The van der Waals surface area contributed by atoms with E-state index in [0.29, 0.717) is 24.0 Å². The molecule has 0 unspecified atom stereocenters. The van der Waals surface area contributed by atoms with Crippen LogP contribution in [0.2, 0.25) is 5.02 Å². The number of aromatic nitrogens is 2. The van der Waals surface area contributed by atoms with E-state index in [0.717, 1.165) is 22.8 Å². The standard InChI is InChI=1S/C14H16ClN3OS/c15-10-4-1-2-5-11(10)20-8-12-17-13(19-18-12)14(9-16)6-3-7-14/h1-2,4-5H,3,6-9,16H2. The third-order valence-corrected chi connectivity index (χ3v) is 5.33.